The van der Waals surface area contributed by atoms with Crippen LogP contribution in [0.15, 0.2) is 30.7 Å². The van der Waals surface area contributed by atoms with Gasteiger partial charge in [-0.25, -0.2) is 19.9 Å². The van der Waals surface area contributed by atoms with E-state index in [4.69, 9.17) is 4.74 Å². The summed E-state index contributed by atoms with van der Waals surface area (Å²) < 4.78 is 45.1. The zero-order chi connectivity index (χ0) is 24.5. The van der Waals surface area contributed by atoms with Crippen LogP contribution in [0.2, 0.25) is 0 Å². The molecular formula is C22H24F3N7O2. The molecular weight excluding hydrogens is 451 g/mol. The van der Waals surface area contributed by atoms with Crippen LogP contribution in [0.25, 0.3) is 22.3 Å². The number of fused-ring (bicyclic) bond motifs is 1. The van der Waals surface area contributed by atoms with Gasteiger partial charge >= 0.3 is 6.18 Å². The molecule has 1 N–H and O–H groups in total. The number of alkyl halides is 3. The number of nitrogens with one attached hydrogen (secondary N) is 1. The minimum atomic E-state index is -4.64. The summed E-state index contributed by atoms with van der Waals surface area (Å²) in [5.74, 6) is -0.261. The third-order valence-electron chi connectivity index (χ3n) is 5.67. The van der Waals surface area contributed by atoms with Gasteiger partial charge in [-0.15, -0.1) is 0 Å². The molecule has 3 aromatic rings. The smallest absolute Gasteiger partial charge is 0.421 e. The predicted molar refractivity (Wildman–Crippen MR) is 119 cm³/mol. The largest absolute Gasteiger partial charge is 0.481 e. The number of halogens is 3. The van der Waals surface area contributed by atoms with Gasteiger partial charge in [0.1, 0.15) is 23.4 Å². The molecule has 12 heteroatoms. The molecule has 0 aromatic carbocycles. The van der Waals surface area contributed by atoms with Gasteiger partial charge in [0, 0.05) is 37.9 Å². The maximum absolute atomic E-state index is 13.4. The molecule has 3 aromatic heterocycles. The SMILES string of the molecule is COc1ncc(-c2ccc3ncnc(N[C@@H](C)C(=O)N4CCN(C)CC4)c3n2)cc1C(F)(F)F. The molecule has 1 amide bonds. The second-order valence-electron chi connectivity index (χ2n) is 8.06. The minimum absolute atomic E-state index is 0.0646. The number of piperazine rings is 1. The van der Waals surface area contributed by atoms with Crippen molar-refractivity contribution in [3.63, 3.8) is 0 Å². The number of carbonyl (C=O) groups is 1. The predicted octanol–water partition coefficient (Wildman–Crippen LogP) is 2.69. The molecule has 1 atom stereocenters. The van der Waals surface area contributed by atoms with Crippen LogP contribution in [0.1, 0.15) is 12.5 Å². The Labute approximate surface area is 194 Å². The van der Waals surface area contributed by atoms with E-state index in [0.717, 1.165) is 26.3 Å². The van der Waals surface area contributed by atoms with Crippen molar-refractivity contribution in [3.05, 3.63) is 36.3 Å². The van der Waals surface area contributed by atoms with Crippen molar-refractivity contribution < 1.29 is 22.7 Å². The summed E-state index contributed by atoms with van der Waals surface area (Å²) in [6, 6.07) is 3.55. The lowest BCUT2D eigenvalue weighted by molar-refractivity contribution is -0.139. The molecule has 180 valence electrons. The Balaban J connectivity index is 1.64. The van der Waals surface area contributed by atoms with Crippen molar-refractivity contribution in [1.82, 2.24) is 29.7 Å². The van der Waals surface area contributed by atoms with Gasteiger partial charge in [0.25, 0.3) is 0 Å². The van der Waals surface area contributed by atoms with Gasteiger partial charge in [-0.05, 0) is 32.2 Å². The van der Waals surface area contributed by atoms with Gasteiger partial charge in [0.05, 0.1) is 18.3 Å². The minimum Gasteiger partial charge on any atom is -0.481 e. The van der Waals surface area contributed by atoms with Crippen LogP contribution in [-0.2, 0) is 11.0 Å². The van der Waals surface area contributed by atoms with Gasteiger partial charge in [0.2, 0.25) is 11.8 Å². The van der Waals surface area contributed by atoms with Gasteiger partial charge < -0.3 is 19.9 Å². The number of nitrogens with zero attached hydrogens (tertiary/aromatic N) is 6. The molecule has 4 heterocycles. The van der Waals surface area contributed by atoms with Gasteiger partial charge in [0.15, 0.2) is 5.82 Å². The second kappa shape index (κ2) is 9.37. The molecule has 1 aliphatic heterocycles. The zero-order valence-electron chi connectivity index (χ0n) is 18.9. The maximum Gasteiger partial charge on any atom is 0.421 e. The summed E-state index contributed by atoms with van der Waals surface area (Å²) in [6.45, 7) is 4.62. The molecule has 0 saturated carbocycles. The molecule has 0 radical (unpaired) electrons. The molecule has 0 bridgehead atoms. The number of amides is 1. The van der Waals surface area contributed by atoms with Crippen molar-refractivity contribution in [1.29, 1.82) is 0 Å². The molecule has 9 nitrogen and oxygen atoms in total. The van der Waals surface area contributed by atoms with Crippen LogP contribution >= 0.6 is 0 Å². The molecule has 4 rings (SSSR count). The van der Waals surface area contributed by atoms with Gasteiger partial charge in [-0.1, -0.05) is 0 Å². The number of ether oxygens (including phenoxy) is 1. The fraction of sp³-hybridized carbons (Fsp3) is 0.409. The Morgan fingerprint density at radius 3 is 2.56 bits per heavy atom. The first-order chi connectivity index (χ1) is 16.2. The highest BCUT2D eigenvalue weighted by Crippen LogP contribution is 2.37. The first-order valence-corrected chi connectivity index (χ1v) is 10.6. The number of methoxy groups -OCH3 is 1. The molecule has 0 spiro atoms. The summed E-state index contributed by atoms with van der Waals surface area (Å²) in [5.41, 5.74) is 0.235. The van der Waals surface area contributed by atoms with E-state index in [2.05, 4.69) is 30.2 Å². The van der Waals surface area contributed by atoms with Crippen molar-refractivity contribution in [2.75, 3.05) is 45.7 Å². The van der Waals surface area contributed by atoms with E-state index in [0.29, 0.717) is 29.9 Å². The summed E-state index contributed by atoms with van der Waals surface area (Å²) in [4.78, 5) is 33.5. The average Bonchev–Trinajstić information content (AvgIpc) is 2.83. The Morgan fingerprint density at radius 2 is 1.88 bits per heavy atom. The number of aromatic nitrogens is 4. The standard InChI is InChI=1S/C22H24F3N7O2/c1-13(21(33)32-8-6-31(2)7-9-32)29-19-18-17(27-12-28-19)5-4-16(30-18)14-10-15(22(23,24)25)20(34-3)26-11-14/h4-5,10-13H,6-9H2,1-3H3,(H,27,28,29)/t13-/m0/s1. The number of carbonyl (C=O) groups excluding carboxylic acids is 1. The first kappa shape index (κ1) is 23.6. The summed E-state index contributed by atoms with van der Waals surface area (Å²) in [6.07, 6.45) is -2.03. The molecule has 0 aliphatic carbocycles. The fourth-order valence-corrected chi connectivity index (χ4v) is 3.73. The lowest BCUT2D eigenvalue weighted by atomic mass is 10.1. The van der Waals surface area contributed by atoms with Crippen LogP contribution in [0.4, 0.5) is 19.0 Å². The highest BCUT2D eigenvalue weighted by molar-refractivity contribution is 5.90. The van der Waals surface area contributed by atoms with E-state index in [1.54, 1.807) is 24.0 Å². The number of rotatable bonds is 5. The number of hydrogen-bond acceptors (Lipinski definition) is 8. The van der Waals surface area contributed by atoms with E-state index in [1.807, 2.05) is 7.05 Å². The fourth-order valence-electron chi connectivity index (χ4n) is 3.73. The number of likely N-dealkylation sites (N-methyl/N-ethyl adjacent to an activating group) is 1. The Bertz CT molecular complexity index is 1200. The van der Waals surface area contributed by atoms with Gasteiger partial charge in [-0.2, -0.15) is 13.2 Å². The van der Waals surface area contributed by atoms with Crippen molar-refractivity contribution in [2.24, 2.45) is 0 Å². The van der Waals surface area contributed by atoms with E-state index in [-0.39, 0.29) is 17.2 Å². The maximum atomic E-state index is 13.4. The summed E-state index contributed by atoms with van der Waals surface area (Å²) >= 11 is 0. The van der Waals surface area contributed by atoms with Crippen LogP contribution in [0.3, 0.4) is 0 Å². The lowest BCUT2D eigenvalue weighted by Crippen LogP contribution is -2.51. The van der Waals surface area contributed by atoms with Crippen molar-refractivity contribution in [3.8, 4) is 17.1 Å². The van der Waals surface area contributed by atoms with Crippen LogP contribution in [0.5, 0.6) is 5.88 Å². The summed E-state index contributed by atoms with van der Waals surface area (Å²) in [5, 5.41) is 3.09. The summed E-state index contributed by atoms with van der Waals surface area (Å²) in [7, 11) is 3.14. The topological polar surface area (TPSA) is 96.4 Å². The molecule has 1 saturated heterocycles. The van der Waals surface area contributed by atoms with Crippen LogP contribution < -0.4 is 10.1 Å². The molecule has 34 heavy (non-hydrogen) atoms. The van der Waals surface area contributed by atoms with E-state index >= 15 is 0 Å². The highest BCUT2D eigenvalue weighted by atomic mass is 19.4. The van der Waals surface area contributed by atoms with Crippen molar-refractivity contribution in [2.45, 2.75) is 19.1 Å². The first-order valence-electron chi connectivity index (χ1n) is 10.6. The lowest BCUT2D eigenvalue weighted by Gasteiger charge is -2.34. The van der Waals surface area contributed by atoms with Crippen LogP contribution in [-0.4, -0.2) is 82.0 Å². The molecule has 0 unspecified atom stereocenters. The Morgan fingerprint density at radius 1 is 1.15 bits per heavy atom. The third-order valence-corrected chi connectivity index (χ3v) is 5.67. The third kappa shape index (κ3) is 4.86. The van der Waals surface area contributed by atoms with E-state index < -0.39 is 23.7 Å². The Hall–Kier alpha value is -3.54. The molecule has 1 fully saturated rings. The van der Waals surface area contributed by atoms with Gasteiger partial charge in [-0.3, -0.25) is 4.79 Å². The van der Waals surface area contributed by atoms with Crippen LogP contribution in [0, 0.1) is 0 Å². The number of pyridine rings is 2. The van der Waals surface area contributed by atoms with E-state index in [9.17, 15) is 18.0 Å². The normalized spacial score (nSPS) is 15.9. The monoisotopic (exact) mass is 475 g/mol. The second-order valence-corrected chi connectivity index (χ2v) is 8.06. The van der Waals surface area contributed by atoms with Crippen molar-refractivity contribution >= 4 is 22.8 Å². The number of hydrogen-bond donors (Lipinski definition) is 1. The quantitative estimate of drug-likeness (QED) is 0.602. The molecule has 1 aliphatic rings. The number of anilines is 1. The van der Waals surface area contributed by atoms with E-state index in [1.165, 1.54) is 12.5 Å². The zero-order valence-corrected chi connectivity index (χ0v) is 18.9. The average molecular weight is 475 g/mol. The highest BCUT2D eigenvalue weighted by Gasteiger charge is 2.35. The Kier molecular flexibility index (Phi) is 6.51.